The molecule has 3 nitrogen and oxygen atoms in total. The molecule has 30 heavy (non-hydrogen) atoms. The number of rotatable bonds is 14. The first kappa shape index (κ1) is 22.3. The van der Waals surface area contributed by atoms with Crippen LogP contribution in [-0.4, -0.2) is 17.1 Å². The molecule has 0 amide bonds. The average molecular weight is 406 g/mol. The second-order valence-corrected chi connectivity index (χ2v) is 8.48. The molecule has 0 N–H and O–H groups in total. The van der Waals surface area contributed by atoms with E-state index in [0.717, 1.165) is 47.3 Å². The van der Waals surface area contributed by atoms with Crippen LogP contribution >= 0.6 is 0 Å². The van der Waals surface area contributed by atoms with Gasteiger partial charge < -0.3 is 4.57 Å². The molecule has 3 aromatic rings. The Kier molecular flexibility index (Phi) is 8.67. The lowest BCUT2D eigenvalue weighted by Gasteiger charge is -2.08. The van der Waals surface area contributed by atoms with Crippen LogP contribution in [0.3, 0.4) is 0 Å². The molecule has 0 atom stereocenters. The highest BCUT2D eigenvalue weighted by Gasteiger charge is 2.11. The molecular weight excluding hydrogens is 370 g/mol. The Morgan fingerprint density at radius 1 is 0.633 bits per heavy atom. The standard InChI is InChI=1S/C27H35NO2/c1-2-3-4-5-6-7-8-9-10-11-12-17-28-26-15-13-22(20-29)18-24(26)25-19-23(21-30)14-16-27(25)28/h13-16,18-21H,2-12,17H2,1H3. The maximum absolute atomic E-state index is 11.2. The molecule has 0 aliphatic heterocycles. The summed E-state index contributed by atoms with van der Waals surface area (Å²) in [4.78, 5) is 22.5. The second kappa shape index (κ2) is 11.7. The number of carbonyl (C=O) groups is 2. The molecule has 0 unspecified atom stereocenters. The average Bonchev–Trinajstić information content (AvgIpc) is 3.09. The molecule has 1 heterocycles. The zero-order valence-corrected chi connectivity index (χ0v) is 18.4. The van der Waals surface area contributed by atoms with E-state index in [1.54, 1.807) is 0 Å². The van der Waals surface area contributed by atoms with Crippen LogP contribution in [0.1, 0.15) is 98.3 Å². The van der Waals surface area contributed by atoms with Gasteiger partial charge in [0, 0.05) is 39.5 Å². The monoisotopic (exact) mass is 405 g/mol. The highest BCUT2D eigenvalue weighted by molar-refractivity contribution is 6.10. The molecular formula is C27H35NO2. The third-order valence-electron chi connectivity index (χ3n) is 6.17. The Hall–Kier alpha value is -2.42. The Bertz CT molecular complexity index is 905. The van der Waals surface area contributed by atoms with Gasteiger partial charge in [0.25, 0.3) is 0 Å². The van der Waals surface area contributed by atoms with Crippen LogP contribution in [0.2, 0.25) is 0 Å². The van der Waals surface area contributed by atoms with Crippen molar-refractivity contribution < 1.29 is 9.59 Å². The van der Waals surface area contributed by atoms with E-state index < -0.39 is 0 Å². The van der Waals surface area contributed by atoms with Crippen LogP contribution in [0.15, 0.2) is 36.4 Å². The number of hydrogen-bond donors (Lipinski definition) is 0. The van der Waals surface area contributed by atoms with Gasteiger partial charge in [0.05, 0.1) is 0 Å². The van der Waals surface area contributed by atoms with Gasteiger partial charge in [-0.25, -0.2) is 0 Å². The number of benzene rings is 2. The van der Waals surface area contributed by atoms with E-state index in [1.807, 2.05) is 36.4 Å². The molecule has 160 valence electrons. The van der Waals surface area contributed by atoms with Gasteiger partial charge in [0.15, 0.2) is 0 Å². The molecule has 0 saturated heterocycles. The minimum atomic E-state index is 0.674. The van der Waals surface area contributed by atoms with Crippen molar-refractivity contribution in [1.82, 2.24) is 4.57 Å². The van der Waals surface area contributed by atoms with E-state index in [-0.39, 0.29) is 0 Å². The summed E-state index contributed by atoms with van der Waals surface area (Å²) in [5.41, 5.74) is 3.64. The lowest BCUT2D eigenvalue weighted by molar-refractivity contribution is 0.111. The van der Waals surface area contributed by atoms with Crippen LogP contribution < -0.4 is 0 Å². The van der Waals surface area contributed by atoms with E-state index in [9.17, 15) is 9.59 Å². The zero-order valence-electron chi connectivity index (χ0n) is 18.4. The summed E-state index contributed by atoms with van der Waals surface area (Å²) in [5.74, 6) is 0. The number of unbranched alkanes of at least 4 members (excludes halogenated alkanes) is 10. The predicted molar refractivity (Wildman–Crippen MR) is 127 cm³/mol. The SMILES string of the molecule is CCCCCCCCCCCCCn1c2ccc(C=O)cc2c2cc(C=O)ccc21. The van der Waals surface area contributed by atoms with Crippen LogP contribution in [0.25, 0.3) is 21.8 Å². The summed E-state index contributed by atoms with van der Waals surface area (Å²) in [6, 6.07) is 11.7. The molecule has 1 aromatic heterocycles. The van der Waals surface area contributed by atoms with Crippen molar-refractivity contribution in [3.8, 4) is 0 Å². The fourth-order valence-corrected chi connectivity index (χ4v) is 4.46. The van der Waals surface area contributed by atoms with Crippen molar-refractivity contribution in [1.29, 1.82) is 0 Å². The fourth-order valence-electron chi connectivity index (χ4n) is 4.46. The molecule has 3 heteroatoms. The molecule has 0 bridgehead atoms. The van der Waals surface area contributed by atoms with Gasteiger partial charge in [-0.2, -0.15) is 0 Å². The maximum Gasteiger partial charge on any atom is 0.150 e. The summed E-state index contributed by atoms with van der Waals surface area (Å²) >= 11 is 0. The van der Waals surface area contributed by atoms with Gasteiger partial charge in [0.2, 0.25) is 0 Å². The number of fused-ring (bicyclic) bond motifs is 3. The summed E-state index contributed by atoms with van der Waals surface area (Å²) < 4.78 is 2.35. The van der Waals surface area contributed by atoms with E-state index >= 15 is 0 Å². The highest BCUT2D eigenvalue weighted by Crippen LogP contribution is 2.31. The first-order valence-electron chi connectivity index (χ1n) is 11.7. The highest BCUT2D eigenvalue weighted by atomic mass is 16.1. The summed E-state index contributed by atoms with van der Waals surface area (Å²) in [7, 11) is 0. The van der Waals surface area contributed by atoms with Crippen LogP contribution in [0.4, 0.5) is 0 Å². The van der Waals surface area contributed by atoms with Gasteiger partial charge in [-0.05, 0) is 42.8 Å². The smallest absolute Gasteiger partial charge is 0.150 e. The van der Waals surface area contributed by atoms with Crippen molar-refractivity contribution in [2.45, 2.75) is 84.1 Å². The first-order valence-corrected chi connectivity index (χ1v) is 11.7. The lowest BCUT2D eigenvalue weighted by Crippen LogP contribution is -1.98. The molecule has 0 radical (unpaired) electrons. The van der Waals surface area contributed by atoms with Gasteiger partial charge in [-0.1, -0.05) is 71.1 Å². The third-order valence-corrected chi connectivity index (χ3v) is 6.17. The van der Waals surface area contributed by atoms with Crippen molar-refractivity contribution >= 4 is 34.4 Å². The molecule has 3 rings (SSSR count). The molecule has 0 spiro atoms. The topological polar surface area (TPSA) is 39.1 Å². The van der Waals surface area contributed by atoms with Gasteiger partial charge in [0.1, 0.15) is 12.6 Å². The Balaban J connectivity index is 1.56. The van der Waals surface area contributed by atoms with Gasteiger partial charge >= 0.3 is 0 Å². The molecule has 0 saturated carbocycles. The van der Waals surface area contributed by atoms with E-state index in [2.05, 4.69) is 11.5 Å². The van der Waals surface area contributed by atoms with Crippen LogP contribution in [0.5, 0.6) is 0 Å². The van der Waals surface area contributed by atoms with E-state index in [1.165, 1.54) is 64.2 Å². The first-order chi connectivity index (χ1) is 14.8. The van der Waals surface area contributed by atoms with Crippen molar-refractivity contribution in [2.24, 2.45) is 0 Å². The quantitative estimate of drug-likeness (QED) is 0.203. The van der Waals surface area contributed by atoms with Crippen LogP contribution in [-0.2, 0) is 6.54 Å². The van der Waals surface area contributed by atoms with Crippen LogP contribution in [0, 0.1) is 0 Å². The van der Waals surface area contributed by atoms with E-state index in [0.29, 0.717) is 11.1 Å². The summed E-state index contributed by atoms with van der Waals surface area (Å²) in [6.45, 7) is 3.24. The second-order valence-electron chi connectivity index (χ2n) is 8.48. The number of nitrogens with zero attached hydrogens (tertiary/aromatic N) is 1. The summed E-state index contributed by atoms with van der Waals surface area (Å²) in [5, 5.41) is 2.11. The minimum absolute atomic E-state index is 0.674. The number of aryl methyl sites for hydroxylation is 1. The fraction of sp³-hybridized carbons (Fsp3) is 0.481. The van der Waals surface area contributed by atoms with E-state index in [4.69, 9.17) is 0 Å². The Labute approximate surface area is 180 Å². The largest absolute Gasteiger partial charge is 0.340 e. The zero-order chi connectivity index (χ0) is 21.2. The number of hydrogen-bond acceptors (Lipinski definition) is 2. The Morgan fingerprint density at radius 3 is 1.50 bits per heavy atom. The van der Waals surface area contributed by atoms with Gasteiger partial charge in [-0.15, -0.1) is 0 Å². The molecule has 2 aromatic carbocycles. The van der Waals surface area contributed by atoms with Gasteiger partial charge in [-0.3, -0.25) is 9.59 Å². The minimum Gasteiger partial charge on any atom is -0.340 e. The van der Waals surface area contributed by atoms with Crippen molar-refractivity contribution in [3.63, 3.8) is 0 Å². The molecule has 0 aliphatic carbocycles. The van der Waals surface area contributed by atoms with Crippen molar-refractivity contribution in [3.05, 3.63) is 47.5 Å². The lowest BCUT2D eigenvalue weighted by atomic mass is 10.1. The third kappa shape index (κ3) is 5.59. The number of aldehydes is 2. The predicted octanol–water partition coefficient (Wildman–Crippen LogP) is 7.73. The molecule has 0 aliphatic rings. The normalized spacial score (nSPS) is 11.4. The van der Waals surface area contributed by atoms with Crippen molar-refractivity contribution in [2.75, 3.05) is 0 Å². The summed E-state index contributed by atoms with van der Waals surface area (Å²) in [6.07, 6.45) is 16.5. The number of aromatic nitrogens is 1. The molecule has 0 fully saturated rings. The maximum atomic E-state index is 11.2. The number of carbonyl (C=O) groups excluding carboxylic acids is 2. The Morgan fingerprint density at radius 2 is 1.07 bits per heavy atom.